The molecule has 1 aliphatic heterocycles. The fraction of sp³-hybridized carbons (Fsp3) is 0.467. The monoisotopic (exact) mass is 306 g/mol. The van der Waals surface area contributed by atoms with Crippen molar-refractivity contribution >= 4 is 23.1 Å². The Labute approximate surface area is 128 Å². The van der Waals surface area contributed by atoms with Crippen molar-refractivity contribution in [1.29, 1.82) is 0 Å². The summed E-state index contributed by atoms with van der Waals surface area (Å²) in [6, 6.07) is 3.87. The van der Waals surface area contributed by atoms with Crippen LogP contribution >= 0.6 is 12.2 Å². The van der Waals surface area contributed by atoms with Gasteiger partial charge < -0.3 is 18.8 Å². The molecule has 0 radical (unpaired) electrons. The first kappa shape index (κ1) is 14.3. The van der Waals surface area contributed by atoms with Crippen LogP contribution in [0.2, 0.25) is 0 Å². The smallest absolute Gasteiger partial charge is 0.162 e. The highest BCUT2D eigenvalue weighted by molar-refractivity contribution is 7.71. The fourth-order valence-electron chi connectivity index (χ4n) is 2.49. The molecule has 0 spiro atoms. The molecule has 0 saturated carbocycles. The van der Waals surface area contributed by atoms with Crippen molar-refractivity contribution in [2.24, 2.45) is 7.05 Å². The number of fused-ring (bicyclic) bond motifs is 1. The maximum absolute atomic E-state index is 6.00. The van der Waals surface area contributed by atoms with E-state index in [2.05, 4.69) is 4.98 Å². The summed E-state index contributed by atoms with van der Waals surface area (Å²) in [6.45, 7) is 3.28. The second kappa shape index (κ2) is 5.61. The van der Waals surface area contributed by atoms with Crippen LogP contribution in [0.25, 0.3) is 10.9 Å². The van der Waals surface area contributed by atoms with Crippen molar-refractivity contribution in [3.05, 3.63) is 22.6 Å². The third kappa shape index (κ3) is 2.61. The Morgan fingerprint density at radius 2 is 2.19 bits per heavy atom. The zero-order valence-electron chi connectivity index (χ0n) is 12.4. The van der Waals surface area contributed by atoms with E-state index in [1.54, 1.807) is 7.11 Å². The predicted octanol–water partition coefficient (Wildman–Crippen LogP) is 2.79. The summed E-state index contributed by atoms with van der Waals surface area (Å²) in [5, 5.41) is 0.896. The van der Waals surface area contributed by atoms with E-state index >= 15 is 0 Å². The molecular formula is C15H18N2O3S. The van der Waals surface area contributed by atoms with Gasteiger partial charge in [-0.15, -0.1) is 0 Å². The number of hydrogen-bond donors (Lipinski definition) is 0. The molecule has 1 fully saturated rings. The van der Waals surface area contributed by atoms with Gasteiger partial charge in [-0.05, 0) is 13.0 Å². The van der Waals surface area contributed by atoms with Gasteiger partial charge in [-0.2, -0.15) is 0 Å². The van der Waals surface area contributed by atoms with Crippen LogP contribution in [0.1, 0.15) is 12.2 Å². The van der Waals surface area contributed by atoms with Crippen LogP contribution in [0.3, 0.4) is 0 Å². The summed E-state index contributed by atoms with van der Waals surface area (Å²) in [5.74, 6) is 2.26. The predicted molar refractivity (Wildman–Crippen MR) is 82.7 cm³/mol. The first-order valence-electron chi connectivity index (χ1n) is 6.90. The second-order valence-electron chi connectivity index (χ2n) is 5.15. The van der Waals surface area contributed by atoms with Gasteiger partial charge in [-0.3, -0.25) is 0 Å². The molecule has 5 nitrogen and oxygen atoms in total. The van der Waals surface area contributed by atoms with Gasteiger partial charge >= 0.3 is 0 Å². The van der Waals surface area contributed by atoms with E-state index in [1.807, 2.05) is 30.7 Å². The molecule has 0 aliphatic carbocycles. The number of aryl methyl sites for hydroxylation is 2. The van der Waals surface area contributed by atoms with E-state index < -0.39 is 0 Å². The van der Waals surface area contributed by atoms with Crippen LogP contribution in [-0.2, 0) is 11.8 Å². The van der Waals surface area contributed by atoms with Crippen LogP contribution in [0, 0.1) is 11.6 Å². The fourth-order valence-corrected chi connectivity index (χ4v) is 2.79. The molecular weight excluding hydrogens is 288 g/mol. The molecule has 6 heteroatoms. The summed E-state index contributed by atoms with van der Waals surface area (Å²) in [4.78, 5) is 4.39. The van der Waals surface area contributed by atoms with Crippen molar-refractivity contribution in [3.8, 4) is 11.5 Å². The molecule has 1 unspecified atom stereocenters. The third-order valence-corrected chi connectivity index (χ3v) is 4.12. The SMILES string of the molecule is COc1cc2c(cc1OC1CCOC1)c(=S)nc(C)n2C. The highest BCUT2D eigenvalue weighted by Gasteiger charge is 2.20. The molecule has 1 atom stereocenters. The summed E-state index contributed by atoms with van der Waals surface area (Å²) in [7, 11) is 3.60. The van der Waals surface area contributed by atoms with Crippen molar-refractivity contribution in [2.75, 3.05) is 20.3 Å². The minimum Gasteiger partial charge on any atom is -0.493 e. The van der Waals surface area contributed by atoms with Crippen LogP contribution in [0.4, 0.5) is 0 Å². The minimum absolute atomic E-state index is 0.0667. The van der Waals surface area contributed by atoms with Crippen molar-refractivity contribution < 1.29 is 14.2 Å². The number of rotatable bonds is 3. The number of hydrogen-bond acceptors (Lipinski definition) is 5. The lowest BCUT2D eigenvalue weighted by atomic mass is 10.2. The lowest BCUT2D eigenvalue weighted by Gasteiger charge is -2.17. The molecule has 0 N–H and O–H groups in total. The Kier molecular flexibility index (Phi) is 3.82. The normalized spacial score (nSPS) is 18.1. The second-order valence-corrected chi connectivity index (χ2v) is 5.53. The third-order valence-electron chi connectivity index (χ3n) is 3.80. The van der Waals surface area contributed by atoms with Gasteiger partial charge in [-0.1, -0.05) is 12.2 Å². The first-order valence-corrected chi connectivity index (χ1v) is 7.30. The van der Waals surface area contributed by atoms with Gasteiger partial charge in [0.15, 0.2) is 11.5 Å². The number of benzene rings is 1. The summed E-state index contributed by atoms with van der Waals surface area (Å²) < 4.78 is 19.4. The topological polar surface area (TPSA) is 45.5 Å². The first-order chi connectivity index (χ1) is 10.1. The van der Waals surface area contributed by atoms with Gasteiger partial charge in [0, 0.05) is 24.9 Å². The highest BCUT2D eigenvalue weighted by Crippen LogP contribution is 2.34. The van der Waals surface area contributed by atoms with Gasteiger partial charge in [0.25, 0.3) is 0 Å². The highest BCUT2D eigenvalue weighted by atomic mass is 32.1. The lowest BCUT2D eigenvalue weighted by molar-refractivity contribution is 0.139. The summed E-state index contributed by atoms with van der Waals surface area (Å²) in [5.41, 5.74) is 0.986. The lowest BCUT2D eigenvalue weighted by Crippen LogP contribution is -2.16. The van der Waals surface area contributed by atoms with Gasteiger partial charge in [0.1, 0.15) is 16.6 Å². The molecule has 2 aromatic rings. The van der Waals surface area contributed by atoms with Crippen LogP contribution in [-0.4, -0.2) is 36.0 Å². The number of ether oxygens (including phenoxy) is 3. The van der Waals surface area contributed by atoms with Crippen molar-refractivity contribution in [1.82, 2.24) is 9.55 Å². The summed E-state index contributed by atoms with van der Waals surface area (Å²) in [6.07, 6.45) is 0.957. The quantitative estimate of drug-likeness (QED) is 0.816. The molecule has 112 valence electrons. The van der Waals surface area contributed by atoms with E-state index in [1.165, 1.54) is 0 Å². The zero-order chi connectivity index (χ0) is 15.0. The maximum atomic E-state index is 6.00. The Hall–Kier alpha value is -1.66. The number of aromatic nitrogens is 2. The number of nitrogens with zero attached hydrogens (tertiary/aromatic N) is 2. The Balaban J connectivity index is 2.14. The van der Waals surface area contributed by atoms with E-state index in [0.29, 0.717) is 22.7 Å². The molecule has 1 aromatic carbocycles. The molecule has 1 saturated heterocycles. The van der Waals surface area contributed by atoms with E-state index in [9.17, 15) is 0 Å². The molecule has 1 aliphatic rings. The Bertz CT molecular complexity index is 736. The standard InChI is InChI=1S/C15H18N2O3S/c1-9-16-15(21)11-6-14(20-10-4-5-19-8-10)13(18-3)7-12(11)17(9)2/h6-7,10H,4-5,8H2,1-3H3. The maximum Gasteiger partial charge on any atom is 0.162 e. The molecule has 2 heterocycles. The molecule has 1 aromatic heterocycles. The molecule has 0 bridgehead atoms. The van der Waals surface area contributed by atoms with Crippen LogP contribution in [0.15, 0.2) is 12.1 Å². The minimum atomic E-state index is 0.0667. The molecule has 3 rings (SSSR count). The van der Waals surface area contributed by atoms with Crippen LogP contribution < -0.4 is 9.47 Å². The van der Waals surface area contributed by atoms with Crippen molar-refractivity contribution in [3.63, 3.8) is 0 Å². The molecule has 0 amide bonds. The largest absolute Gasteiger partial charge is 0.493 e. The van der Waals surface area contributed by atoms with Gasteiger partial charge in [0.05, 0.1) is 25.8 Å². The summed E-state index contributed by atoms with van der Waals surface area (Å²) >= 11 is 5.38. The number of methoxy groups -OCH3 is 1. The van der Waals surface area contributed by atoms with E-state index in [4.69, 9.17) is 26.4 Å². The zero-order valence-corrected chi connectivity index (χ0v) is 13.2. The average Bonchev–Trinajstić information content (AvgIpc) is 2.97. The average molecular weight is 306 g/mol. The van der Waals surface area contributed by atoms with E-state index in [0.717, 1.165) is 29.8 Å². The van der Waals surface area contributed by atoms with Gasteiger partial charge in [0.2, 0.25) is 0 Å². The van der Waals surface area contributed by atoms with Gasteiger partial charge in [-0.25, -0.2) is 4.98 Å². The van der Waals surface area contributed by atoms with Crippen molar-refractivity contribution in [2.45, 2.75) is 19.4 Å². The Morgan fingerprint density at radius 3 is 2.86 bits per heavy atom. The van der Waals surface area contributed by atoms with E-state index in [-0.39, 0.29) is 6.10 Å². The van der Waals surface area contributed by atoms with Crippen LogP contribution in [0.5, 0.6) is 11.5 Å². The molecule has 21 heavy (non-hydrogen) atoms. The Morgan fingerprint density at radius 1 is 1.38 bits per heavy atom.